The summed E-state index contributed by atoms with van der Waals surface area (Å²) in [5, 5.41) is 2.34. The Morgan fingerprint density at radius 2 is 1.89 bits per heavy atom. The lowest BCUT2D eigenvalue weighted by atomic mass is 10.7. The zero-order valence-corrected chi connectivity index (χ0v) is 9.97. The highest BCUT2D eigenvalue weighted by Crippen LogP contribution is 1.86. The fraction of sp³-hybridized carbons (Fsp3) is 0.500. The second-order valence-corrected chi connectivity index (χ2v) is 2.73. The molecular formula is C10H15NO7. The molecule has 18 heavy (non-hydrogen) atoms. The van der Waals surface area contributed by atoms with E-state index in [2.05, 4.69) is 30.8 Å². The summed E-state index contributed by atoms with van der Waals surface area (Å²) in [5.74, 6) is -1.42. The maximum atomic E-state index is 11.0. The van der Waals surface area contributed by atoms with Crippen molar-refractivity contribution < 1.29 is 33.3 Å². The van der Waals surface area contributed by atoms with E-state index in [-0.39, 0.29) is 0 Å². The molecule has 0 aliphatic heterocycles. The minimum atomic E-state index is -0.756. The quantitative estimate of drug-likeness (QED) is 0.282. The van der Waals surface area contributed by atoms with E-state index < -0.39 is 38.2 Å². The predicted octanol–water partition coefficient (Wildman–Crippen LogP) is -0.0635. The van der Waals surface area contributed by atoms with Crippen molar-refractivity contribution in [3.05, 3.63) is 12.7 Å². The van der Waals surface area contributed by atoms with Crippen LogP contribution in [0.4, 0.5) is 4.79 Å². The van der Waals surface area contributed by atoms with Crippen LogP contribution in [0, 0.1) is 0 Å². The van der Waals surface area contributed by atoms with Crippen LogP contribution in [0.1, 0.15) is 6.92 Å². The molecule has 102 valence electrons. The molecule has 0 saturated heterocycles. The summed E-state index contributed by atoms with van der Waals surface area (Å²) >= 11 is 0. The first-order valence-corrected chi connectivity index (χ1v) is 5.03. The van der Waals surface area contributed by atoms with Gasteiger partial charge in [-0.25, -0.2) is 14.4 Å². The largest absolute Gasteiger partial charge is 0.435 e. The first-order valence-electron chi connectivity index (χ1n) is 5.03. The topological polar surface area (TPSA) is 100 Å². The Balaban J connectivity index is 3.46. The van der Waals surface area contributed by atoms with Gasteiger partial charge in [-0.05, 0) is 6.92 Å². The number of carbonyl (C=O) groups is 3. The van der Waals surface area contributed by atoms with Gasteiger partial charge < -0.3 is 24.3 Å². The van der Waals surface area contributed by atoms with Crippen LogP contribution in [0.25, 0.3) is 0 Å². The molecule has 0 fully saturated rings. The smallest absolute Gasteiger partial charge is 0.410 e. The highest BCUT2D eigenvalue weighted by Gasteiger charge is 2.05. The third kappa shape index (κ3) is 9.16. The van der Waals surface area contributed by atoms with Crippen LogP contribution in [0.2, 0.25) is 0 Å². The number of esters is 2. The third-order valence-electron chi connectivity index (χ3n) is 1.40. The number of rotatable bonds is 8. The van der Waals surface area contributed by atoms with Crippen LogP contribution in [-0.4, -0.2) is 44.8 Å². The van der Waals surface area contributed by atoms with Crippen LogP contribution in [-0.2, 0) is 28.5 Å². The van der Waals surface area contributed by atoms with Gasteiger partial charge in [0.15, 0.2) is 6.79 Å². The summed E-state index contributed by atoms with van der Waals surface area (Å²) in [6, 6.07) is 0. The van der Waals surface area contributed by atoms with Gasteiger partial charge >= 0.3 is 18.0 Å². The Labute approximate surface area is 104 Å². The van der Waals surface area contributed by atoms with Gasteiger partial charge in [-0.15, -0.1) is 0 Å². The minimum absolute atomic E-state index is 0.392. The van der Waals surface area contributed by atoms with E-state index in [4.69, 9.17) is 0 Å². The lowest BCUT2D eigenvalue weighted by Crippen LogP contribution is -2.26. The molecule has 0 bridgehead atoms. The molecule has 0 heterocycles. The molecule has 0 aromatic rings. The second-order valence-electron chi connectivity index (χ2n) is 2.73. The molecule has 1 amide bonds. The van der Waals surface area contributed by atoms with Gasteiger partial charge in [0.1, 0.15) is 6.61 Å². The number of ether oxygens (including phenoxy) is 4. The first-order chi connectivity index (χ1) is 8.60. The van der Waals surface area contributed by atoms with Gasteiger partial charge in [-0.3, -0.25) is 0 Å². The van der Waals surface area contributed by atoms with Gasteiger partial charge in [0.25, 0.3) is 0 Å². The van der Waals surface area contributed by atoms with E-state index in [1.54, 1.807) is 6.92 Å². The van der Waals surface area contributed by atoms with E-state index in [0.29, 0.717) is 6.54 Å². The zero-order chi connectivity index (χ0) is 13.8. The van der Waals surface area contributed by atoms with Gasteiger partial charge in [-0.1, -0.05) is 6.58 Å². The number of alkyl carbamates (subject to hydrolysis) is 1. The summed E-state index contributed by atoms with van der Waals surface area (Å²) in [6.07, 6.45) is 0.271. The van der Waals surface area contributed by atoms with Crippen molar-refractivity contribution in [1.82, 2.24) is 5.32 Å². The molecule has 0 radical (unpaired) electrons. The van der Waals surface area contributed by atoms with Crippen LogP contribution in [0.3, 0.4) is 0 Å². The van der Waals surface area contributed by atoms with Crippen LogP contribution in [0.15, 0.2) is 12.7 Å². The molecule has 0 aliphatic carbocycles. The van der Waals surface area contributed by atoms with Crippen molar-refractivity contribution in [2.75, 3.05) is 26.7 Å². The van der Waals surface area contributed by atoms with Gasteiger partial charge in [0.2, 0.25) is 6.79 Å². The minimum Gasteiger partial charge on any atom is -0.435 e. The van der Waals surface area contributed by atoms with Gasteiger partial charge in [0, 0.05) is 12.6 Å². The molecule has 0 rings (SSSR count). The number of amides is 1. The van der Waals surface area contributed by atoms with Crippen molar-refractivity contribution >= 4 is 18.0 Å². The molecule has 8 nitrogen and oxygen atoms in total. The molecule has 0 aliphatic rings. The van der Waals surface area contributed by atoms with E-state index in [0.717, 1.165) is 6.08 Å². The molecule has 8 heteroatoms. The van der Waals surface area contributed by atoms with Crippen molar-refractivity contribution in [3.8, 4) is 0 Å². The van der Waals surface area contributed by atoms with Crippen molar-refractivity contribution in [2.24, 2.45) is 0 Å². The van der Waals surface area contributed by atoms with Gasteiger partial charge in [-0.2, -0.15) is 0 Å². The molecule has 0 aromatic heterocycles. The Kier molecular flexibility index (Phi) is 8.92. The van der Waals surface area contributed by atoms with Crippen molar-refractivity contribution in [1.29, 1.82) is 0 Å². The van der Waals surface area contributed by atoms with E-state index in [1.165, 1.54) is 0 Å². The summed E-state index contributed by atoms with van der Waals surface area (Å²) in [4.78, 5) is 32.3. The van der Waals surface area contributed by atoms with Gasteiger partial charge in [0.05, 0.1) is 0 Å². The summed E-state index contributed by atoms with van der Waals surface area (Å²) < 4.78 is 18.0. The van der Waals surface area contributed by atoms with E-state index >= 15 is 0 Å². The normalized spacial score (nSPS) is 9.17. The lowest BCUT2D eigenvalue weighted by Gasteiger charge is -2.07. The monoisotopic (exact) mass is 261 g/mol. The fourth-order valence-corrected chi connectivity index (χ4v) is 0.669. The Morgan fingerprint density at radius 1 is 1.17 bits per heavy atom. The summed E-state index contributed by atoms with van der Waals surface area (Å²) in [7, 11) is 0. The molecule has 0 atom stereocenters. The van der Waals surface area contributed by atoms with E-state index in [1.807, 2.05) is 0 Å². The van der Waals surface area contributed by atoms with E-state index in [9.17, 15) is 14.4 Å². The van der Waals surface area contributed by atoms with Crippen LogP contribution >= 0.6 is 0 Å². The highest BCUT2D eigenvalue weighted by atomic mass is 16.7. The maximum Gasteiger partial charge on any atom is 0.410 e. The second kappa shape index (κ2) is 10.1. The third-order valence-corrected chi connectivity index (χ3v) is 1.40. The molecule has 0 unspecified atom stereocenters. The van der Waals surface area contributed by atoms with Crippen LogP contribution < -0.4 is 5.32 Å². The Morgan fingerprint density at radius 3 is 2.50 bits per heavy atom. The number of hydrogen-bond acceptors (Lipinski definition) is 7. The van der Waals surface area contributed by atoms with Crippen LogP contribution in [0.5, 0.6) is 0 Å². The first kappa shape index (κ1) is 15.9. The number of hydrogen-bond donors (Lipinski definition) is 1. The molecular weight excluding hydrogens is 246 g/mol. The molecule has 1 N–H and O–H groups in total. The lowest BCUT2D eigenvalue weighted by molar-refractivity contribution is -0.167. The highest BCUT2D eigenvalue weighted by molar-refractivity contribution is 5.81. The number of nitrogens with one attached hydrogen (secondary N) is 1. The molecule has 0 saturated carbocycles. The molecule has 0 spiro atoms. The molecule has 0 aromatic carbocycles. The average molecular weight is 261 g/mol. The van der Waals surface area contributed by atoms with Crippen molar-refractivity contribution in [2.45, 2.75) is 6.92 Å². The Hall–Kier alpha value is -2.09. The summed E-state index contributed by atoms with van der Waals surface area (Å²) in [6.45, 7) is 3.96. The predicted molar refractivity (Wildman–Crippen MR) is 58.2 cm³/mol. The fourth-order valence-electron chi connectivity index (χ4n) is 0.669. The average Bonchev–Trinajstić information content (AvgIpc) is 2.34. The standard InChI is InChI=1S/C10H15NO7/c1-3-8(12)16-6-15-5-9(13)17-7-18-10(14)11-4-2/h3H,1,4-7H2,2H3,(H,11,14). The Bertz CT molecular complexity index is 303. The zero-order valence-electron chi connectivity index (χ0n) is 9.97. The van der Waals surface area contributed by atoms with Crippen molar-refractivity contribution in [3.63, 3.8) is 0 Å². The maximum absolute atomic E-state index is 11.0. The number of carbonyl (C=O) groups excluding carboxylic acids is 3. The SMILES string of the molecule is C=CC(=O)OCOCC(=O)OCOC(=O)NCC. The summed E-state index contributed by atoms with van der Waals surface area (Å²) in [5.41, 5.74) is 0.